The topological polar surface area (TPSA) is 59.3 Å². The Bertz CT molecular complexity index is 390. The average Bonchev–Trinajstić information content (AvgIpc) is 2.41. The normalized spacial score (nSPS) is 10.2. The summed E-state index contributed by atoms with van der Waals surface area (Å²) in [5, 5.41) is 8.89. The number of carboxylic acids is 1. The fraction of sp³-hybridized carbons (Fsp3) is 0.400. The number of aromatic nitrogens is 1. The summed E-state index contributed by atoms with van der Waals surface area (Å²) in [6.07, 6.45) is 2.04. The second-order valence-corrected chi connectivity index (χ2v) is 3.20. The van der Waals surface area contributed by atoms with E-state index in [-0.39, 0.29) is 11.3 Å². The quantitative estimate of drug-likeness (QED) is 0.743. The second-order valence-electron chi connectivity index (χ2n) is 3.20. The van der Waals surface area contributed by atoms with Gasteiger partial charge in [-0.3, -0.25) is 4.79 Å². The summed E-state index contributed by atoms with van der Waals surface area (Å²) in [5.41, 5.74) is 1.33. The summed E-state index contributed by atoms with van der Waals surface area (Å²) in [7, 11) is 1.68. The first-order valence-electron chi connectivity index (χ1n) is 4.41. The number of hydrogen-bond donors (Lipinski definition) is 1. The van der Waals surface area contributed by atoms with Gasteiger partial charge in [-0.15, -0.1) is 0 Å². The fourth-order valence-corrected chi connectivity index (χ4v) is 1.68. The molecule has 1 rings (SSSR count). The number of Topliss-reactive ketones (excluding diaryl/α,β-unsaturated/α-hetero) is 1. The molecule has 0 saturated carbocycles. The lowest BCUT2D eigenvalue weighted by Crippen LogP contribution is -2.05. The van der Waals surface area contributed by atoms with Gasteiger partial charge in [0.2, 0.25) is 0 Å². The molecule has 0 aliphatic heterocycles. The van der Waals surface area contributed by atoms with Gasteiger partial charge in [-0.05, 0) is 12.0 Å². The number of carboxylic acid groups (broad SMARTS) is 1. The fourth-order valence-electron chi connectivity index (χ4n) is 1.68. The van der Waals surface area contributed by atoms with Crippen LogP contribution in [0.2, 0.25) is 0 Å². The highest BCUT2D eigenvalue weighted by molar-refractivity contribution is 5.99. The Hall–Kier alpha value is -1.58. The van der Waals surface area contributed by atoms with E-state index < -0.39 is 5.97 Å². The third-order valence-electron chi connectivity index (χ3n) is 2.20. The van der Waals surface area contributed by atoms with E-state index in [4.69, 9.17) is 5.11 Å². The van der Waals surface area contributed by atoms with Crippen LogP contribution in [0.4, 0.5) is 0 Å². The molecule has 4 heteroatoms. The zero-order valence-corrected chi connectivity index (χ0v) is 8.50. The summed E-state index contributed by atoms with van der Waals surface area (Å²) in [6.45, 7) is 3.29. The lowest BCUT2D eigenvalue weighted by atomic mass is 10.1. The molecular formula is C10H13NO3. The van der Waals surface area contributed by atoms with Gasteiger partial charge in [0.1, 0.15) is 0 Å². The molecule has 14 heavy (non-hydrogen) atoms. The summed E-state index contributed by atoms with van der Waals surface area (Å²) in [5.74, 6) is -1.08. The highest BCUT2D eigenvalue weighted by Crippen LogP contribution is 2.18. The Kier molecular flexibility index (Phi) is 2.74. The van der Waals surface area contributed by atoms with Crippen LogP contribution in [-0.2, 0) is 13.5 Å². The monoisotopic (exact) mass is 195 g/mol. The second kappa shape index (κ2) is 3.65. The third-order valence-corrected chi connectivity index (χ3v) is 2.20. The van der Waals surface area contributed by atoms with E-state index in [0.29, 0.717) is 17.7 Å². The molecule has 76 valence electrons. The van der Waals surface area contributed by atoms with Crippen molar-refractivity contribution in [3.8, 4) is 0 Å². The first kappa shape index (κ1) is 10.5. The van der Waals surface area contributed by atoms with Crippen LogP contribution in [0, 0.1) is 0 Å². The Labute approximate surface area is 82.2 Å². The van der Waals surface area contributed by atoms with E-state index in [1.807, 2.05) is 6.92 Å². The van der Waals surface area contributed by atoms with Crippen molar-refractivity contribution in [2.75, 3.05) is 0 Å². The smallest absolute Gasteiger partial charge is 0.337 e. The van der Waals surface area contributed by atoms with Crippen LogP contribution in [0.5, 0.6) is 0 Å². The van der Waals surface area contributed by atoms with Crippen molar-refractivity contribution in [1.82, 2.24) is 4.57 Å². The number of carbonyl (C=O) groups is 2. The van der Waals surface area contributed by atoms with E-state index in [2.05, 4.69) is 0 Å². The maximum absolute atomic E-state index is 11.3. The van der Waals surface area contributed by atoms with Crippen LogP contribution in [0.1, 0.15) is 40.3 Å². The lowest BCUT2D eigenvalue weighted by molar-refractivity contribution is 0.0695. The summed E-state index contributed by atoms with van der Waals surface area (Å²) < 4.78 is 1.57. The molecule has 0 spiro atoms. The molecule has 1 aromatic rings. The summed E-state index contributed by atoms with van der Waals surface area (Å²) in [4.78, 5) is 22.1. The van der Waals surface area contributed by atoms with Crippen LogP contribution < -0.4 is 0 Å². The van der Waals surface area contributed by atoms with Gasteiger partial charge in [-0.2, -0.15) is 0 Å². The number of nitrogens with zero attached hydrogens (tertiary/aromatic N) is 1. The number of aromatic carboxylic acids is 1. The molecule has 0 aliphatic rings. The number of hydrogen-bond acceptors (Lipinski definition) is 2. The van der Waals surface area contributed by atoms with Gasteiger partial charge in [0.15, 0.2) is 5.78 Å². The predicted molar refractivity (Wildman–Crippen MR) is 51.8 cm³/mol. The van der Waals surface area contributed by atoms with Crippen molar-refractivity contribution in [3.05, 3.63) is 23.0 Å². The molecule has 0 fully saturated rings. The van der Waals surface area contributed by atoms with Gasteiger partial charge < -0.3 is 9.67 Å². The van der Waals surface area contributed by atoms with Crippen molar-refractivity contribution in [2.45, 2.75) is 20.3 Å². The minimum Gasteiger partial charge on any atom is -0.478 e. The molecule has 0 bridgehead atoms. The van der Waals surface area contributed by atoms with Crippen molar-refractivity contribution in [1.29, 1.82) is 0 Å². The number of ketones is 1. The zero-order chi connectivity index (χ0) is 10.9. The van der Waals surface area contributed by atoms with Crippen LogP contribution in [-0.4, -0.2) is 21.4 Å². The van der Waals surface area contributed by atoms with Crippen LogP contribution >= 0.6 is 0 Å². The van der Waals surface area contributed by atoms with Crippen LogP contribution in [0.25, 0.3) is 0 Å². The first-order valence-corrected chi connectivity index (χ1v) is 4.41. The van der Waals surface area contributed by atoms with Crippen LogP contribution in [0.15, 0.2) is 6.20 Å². The molecule has 0 saturated heterocycles. The minimum absolute atomic E-state index is 0.100. The summed E-state index contributed by atoms with van der Waals surface area (Å²) >= 11 is 0. The van der Waals surface area contributed by atoms with E-state index in [1.165, 1.54) is 13.1 Å². The lowest BCUT2D eigenvalue weighted by Gasteiger charge is -2.01. The van der Waals surface area contributed by atoms with Gasteiger partial charge in [0.05, 0.1) is 11.3 Å². The molecule has 1 N–H and O–H groups in total. The maximum Gasteiger partial charge on any atom is 0.337 e. The Morgan fingerprint density at radius 3 is 2.43 bits per heavy atom. The average molecular weight is 195 g/mol. The first-order chi connectivity index (χ1) is 6.49. The standard InChI is InChI=1S/C10H13NO3/c1-4-7-8(10(13)14)5-11(3)9(7)6(2)12/h5H,4H2,1-3H3,(H,13,14). The Morgan fingerprint density at radius 2 is 2.07 bits per heavy atom. The molecular weight excluding hydrogens is 182 g/mol. The minimum atomic E-state index is -0.982. The highest BCUT2D eigenvalue weighted by Gasteiger charge is 2.19. The number of aryl methyl sites for hydroxylation is 1. The van der Waals surface area contributed by atoms with Crippen LogP contribution in [0.3, 0.4) is 0 Å². The van der Waals surface area contributed by atoms with Gasteiger partial charge in [-0.1, -0.05) is 6.92 Å². The van der Waals surface area contributed by atoms with Gasteiger partial charge in [0, 0.05) is 20.2 Å². The van der Waals surface area contributed by atoms with Gasteiger partial charge in [-0.25, -0.2) is 4.79 Å². The number of carbonyl (C=O) groups excluding carboxylic acids is 1. The molecule has 0 aromatic carbocycles. The predicted octanol–water partition coefficient (Wildman–Crippen LogP) is 1.49. The zero-order valence-electron chi connectivity index (χ0n) is 8.50. The largest absolute Gasteiger partial charge is 0.478 e. The SMILES string of the molecule is CCc1c(C(=O)O)cn(C)c1C(C)=O. The Balaban J connectivity index is 3.43. The maximum atomic E-state index is 11.3. The molecule has 1 aromatic heterocycles. The summed E-state index contributed by atoms with van der Waals surface area (Å²) in [6, 6.07) is 0. The molecule has 0 aliphatic carbocycles. The van der Waals surface area contributed by atoms with E-state index in [9.17, 15) is 9.59 Å². The van der Waals surface area contributed by atoms with Crippen molar-refractivity contribution in [3.63, 3.8) is 0 Å². The van der Waals surface area contributed by atoms with Gasteiger partial charge in [0.25, 0.3) is 0 Å². The van der Waals surface area contributed by atoms with Gasteiger partial charge >= 0.3 is 5.97 Å². The van der Waals surface area contributed by atoms with Crippen molar-refractivity contribution < 1.29 is 14.7 Å². The molecule has 0 atom stereocenters. The molecule has 0 unspecified atom stereocenters. The third kappa shape index (κ3) is 1.55. The molecule has 4 nitrogen and oxygen atoms in total. The van der Waals surface area contributed by atoms with Crippen molar-refractivity contribution >= 4 is 11.8 Å². The van der Waals surface area contributed by atoms with E-state index >= 15 is 0 Å². The van der Waals surface area contributed by atoms with E-state index in [1.54, 1.807) is 11.6 Å². The molecule has 1 heterocycles. The molecule has 0 amide bonds. The highest BCUT2D eigenvalue weighted by atomic mass is 16.4. The Morgan fingerprint density at radius 1 is 1.50 bits per heavy atom. The van der Waals surface area contributed by atoms with E-state index in [0.717, 1.165) is 0 Å². The van der Waals surface area contributed by atoms with Crippen molar-refractivity contribution in [2.24, 2.45) is 7.05 Å². The molecule has 0 radical (unpaired) electrons. The number of rotatable bonds is 3.